The zero-order valence-corrected chi connectivity index (χ0v) is 18.2. The van der Waals surface area contributed by atoms with Crippen LogP contribution in [0.2, 0.25) is 0 Å². The Morgan fingerprint density at radius 1 is 1.34 bits per heavy atom. The zero-order valence-electron chi connectivity index (χ0n) is 18.2. The number of rotatable bonds is 4. The lowest BCUT2D eigenvalue weighted by molar-refractivity contribution is -0.0256. The second-order valence-corrected chi connectivity index (χ2v) is 9.13. The lowest BCUT2D eigenvalue weighted by atomic mass is 9.45. The number of nitrogens with two attached hydrogens (primary N) is 1. The lowest BCUT2D eigenvalue weighted by Gasteiger charge is -2.51. The summed E-state index contributed by atoms with van der Waals surface area (Å²) in [6, 6.07) is 6.90. The molecule has 1 saturated carbocycles. The number of amidine groups is 1. The van der Waals surface area contributed by atoms with Crippen LogP contribution in [0, 0.1) is 5.41 Å². The number of hydrogen-bond donors (Lipinski definition) is 1. The van der Waals surface area contributed by atoms with Gasteiger partial charge in [-0.3, -0.25) is 0 Å². The Morgan fingerprint density at radius 2 is 2.07 bits per heavy atom. The van der Waals surface area contributed by atoms with Crippen LogP contribution in [0.5, 0.6) is 0 Å². The smallest absolute Gasteiger partial charge is 0.282 e. The third kappa shape index (κ3) is 2.90. The molecule has 1 heterocycles. The zero-order chi connectivity index (χ0) is 20.9. The van der Waals surface area contributed by atoms with Crippen LogP contribution < -0.4 is 5.73 Å². The summed E-state index contributed by atoms with van der Waals surface area (Å²) in [6.45, 7) is 4.47. The molecule has 2 spiro atoms. The normalized spacial score (nSPS) is 32.9. The first-order valence-corrected chi connectivity index (χ1v) is 10.7. The standard InChI is InChI=1S/C21H31B2N3O3/c1-4-28-26-13(2)14-5-6-15-12-19(9-7-16(27-3)8-10-19)20(17(15)11-14)21(22,23)29-18(24)25-20/h5-6,11,16H,4,7-10,12,22-23H2,1-3H3,(H2,24,25)/b26-13+/t16-,19-,20?. The van der Waals surface area contributed by atoms with Gasteiger partial charge in [-0.1, -0.05) is 17.3 Å². The molecule has 6 nitrogen and oxygen atoms in total. The molecule has 3 aliphatic rings. The fourth-order valence-electron chi connectivity index (χ4n) is 6.00. The maximum absolute atomic E-state index is 6.19. The van der Waals surface area contributed by atoms with Crippen LogP contribution in [0.1, 0.15) is 56.2 Å². The topological polar surface area (TPSA) is 78.4 Å². The van der Waals surface area contributed by atoms with E-state index in [4.69, 9.17) is 25.0 Å². The van der Waals surface area contributed by atoms with Crippen molar-refractivity contribution in [1.29, 1.82) is 0 Å². The highest BCUT2D eigenvalue weighted by Crippen LogP contribution is 2.64. The Kier molecular flexibility index (Phi) is 4.96. The molecule has 1 unspecified atom stereocenters. The van der Waals surface area contributed by atoms with E-state index in [0.29, 0.717) is 18.7 Å². The van der Waals surface area contributed by atoms with Crippen molar-refractivity contribution in [3.05, 3.63) is 34.9 Å². The lowest BCUT2D eigenvalue weighted by Crippen LogP contribution is -2.59. The monoisotopic (exact) mass is 395 g/mol. The average molecular weight is 395 g/mol. The van der Waals surface area contributed by atoms with Gasteiger partial charge in [-0.2, -0.15) is 0 Å². The van der Waals surface area contributed by atoms with Crippen molar-refractivity contribution >= 4 is 27.4 Å². The van der Waals surface area contributed by atoms with E-state index in [0.717, 1.165) is 43.4 Å². The van der Waals surface area contributed by atoms with Gasteiger partial charge in [-0.05, 0) is 68.7 Å². The van der Waals surface area contributed by atoms with Crippen LogP contribution in [-0.2, 0) is 26.3 Å². The van der Waals surface area contributed by atoms with Gasteiger partial charge in [0.05, 0.1) is 17.2 Å². The van der Waals surface area contributed by atoms with Crippen LogP contribution in [0.3, 0.4) is 0 Å². The van der Waals surface area contributed by atoms with Gasteiger partial charge in [0.2, 0.25) is 0 Å². The number of aliphatic imine (C=N–C) groups is 1. The quantitative estimate of drug-likeness (QED) is 0.470. The van der Waals surface area contributed by atoms with E-state index < -0.39 is 10.9 Å². The van der Waals surface area contributed by atoms with Gasteiger partial charge in [0, 0.05) is 12.5 Å². The van der Waals surface area contributed by atoms with E-state index in [1.807, 2.05) is 21.0 Å². The van der Waals surface area contributed by atoms with Gasteiger partial charge in [0.15, 0.2) is 15.7 Å². The molecule has 29 heavy (non-hydrogen) atoms. The average Bonchev–Trinajstić information content (AvgIpc) is 3.11. The fraction of sp³-hybridized carbons (Fsp3) is 0.619. The maximum Gasteiger partial charge on any atom is 0.282 e. The van der Waals surface area contributed by atoms with E-state index in [1.165, 1.54) is 11.1 Å². The van der Waals surface area contributed by atoms with Gasteiger partial charge in [0.25, 0.3) is 6.02 Å². The molecule has 1 aliphatic heterocycles. The van der Waals surface area contributed by atoms with Crippen LogP contribution in [0.4, 0.5) is 0 Å². The Balaban J connectivity index is 1.85. The number of hydrogen-bond acceptors (Lipinski definition) is 6. The van der Waals surface area contributed by atoms with E-state index in [2.05, 4.69) is 39.0 Å². The third-order valence-electron chi connectivity index (χ3n) is 7.28. The van der Waals surface area contributed by atoms with Crippen molar-refractivity contribution in [2.75, 3.05) is 13.7 Å². The molecule has 0 bridgehead atoms. The summed E-state index contributed by atoms with van der Waals surface area (Å²) in [5.74, 6) is 0. The second-order valence-electron chi connectivity index (χ2n) is 9.13. The molecule has 154 valence electrons. The predicted molar refractivity (Wildman–Crippen MR) is 120 cm³/mol. The van der Waals surface area contributed by atoms with Crippen molar-refractivity contribution in [2.24, 2.45) is 21.3 Å². The van der Waals surface area contributed by atoms with Gasteiger partial charge in [-0.15, -0.1) is 0 Å². The number of benzene rings is 1. The summed E-state index contributed by atoms with van der Waals surface area (Å²) in [6.07, 6.45) is 5.48. The summed E-state index contributed by atoms with van der Waals surface area (Å²) >= 11 is 0. The highest BCUT2D eigenvalue weighted by molar-refractivity contribution is 6.41. The molecule has 1 aromatic rings. The first-order valence-electron chi connectivity index (χ1n) is 10.7. The minimum atomic E-state index is -0.522. The summed E-state index contributed by atoms with van der Waals surface area (Å²) in [5, 5.41) is 3.72. The van der Waals surface area contributed by atoms with E-state index in [9.17, 15) is 0 Å². The summed E-state index contributed by atoms with van der Waals surface area (Å²) in [7, 11) is 6.07. The van der Waals surface area contributed by atoms with E-state index >= 15 is 0 Å². The van der Waals surface area contributed by atoms with Crippen molar-refractivity contribution in [3.8, 4) is 0 Å². The molecule has 2 N–H and O–H groups in total. The molecule has 0 aromatic heterocycles. The first kappa shape index (κ1) is 20.3. The molecule has 2 aliphatic carbocycles. The van der Waals surface area contributed by atoms with Crippen molar-refractivity contribution in [3.63, 3.8) is 0 Å². The molecule has 8 heteroatoms. The van der Waals surface area contributed by atoms with Crippen LogP contribution >= 0.6 is 0 Å². The Bertz CT molecular complexity index is 863. The summed E-state index contributed by atoms with van der Waals surface area (Å²) < 4.78 is 11.8. The fourth-order valence-corrected chi connectivity index (χ4v) is 6.00. The molecule has 0 amide bonds. The highest BCUT2D eigenvalue weighted by atomic mass is 16.6. The molecular formula is C21H31B2N3O3. The van der Waals surface area contributed by atoms with E-state index in [1.54, 1.807) is 0 Å². The van der Waals surface area contributed by atoms with Gasteiger partial charge >= 0.3 is 0 Å². The Morgan fingerprint density at radius 3 is 2.66 bits per heavy atom. The van der Waals surface area contributed by atoms with E-state index in [-0.39, 0.29) is 5.41 Å². The third-order valence-corrected chi connectivity index (χ3v) is 7.28. The van der Waals surface area contributed by atoms with Gasteiger partial charge in [0.1, 0.15) is 12.1 Å². The first-order chi connectivity index (χ1) is 13.8. The SMILES string of the molecule is BC1(B)OC(N)=NC12c1cc(/C(C)=N/OCC)ccc1C[C@]21CC[C@@H](OC)CC1. The number of ether oxygens (including phenoxy) is 2. The largest absolute Gasteiger partial charge is 0.475 e. The highest BCUT2D eigenvalue weighted by Gasteiger charge is 2.68. The molecule has 4 rings (SSSR count). The predicted octanol–water partition coefficient (Wildman–Crippen LogP) is 1.04. The Labute approximate surface area is 175 Å². The van der Waals surface area contributed by atoms with Crippen molar-refractivity contribution in [1.82, 2.24) is 0 Å². The second kappa shape index (κ2) is 7.08. The molecule has 0 radical (unpaired) electrons. The minimum Gasteiger partial charge on any atom is -0.475 e. The Hall–Kier alpha value is -1.95. The van der Waals surface area contributed by atoms with Crippen molar-refractivity contribution in [2.45, 2.75) is 63.0 Å². The number of nitrogens with zero attached hydrogens (tertiary/aromatic N) is 2. The van der Waals surface area contributed by atoms with Crippen LogP contribution in [-0.4, -0.2) is 52.6 Å². The van der Waals surface area contributed by atoms with Crippen molar-refractivity contribution < 1.29 is 14.3 Å². The van der Waals surface area contributed by atoms with Gasteiger partial charge in [-0.25, -0.2) is 4.99 Å². The maximum atomic E-state index is 6.19. The number of oxime groups is 1. The minimum absolute atomic E-state index is 0.0153. The number of methoxy groups -OCH3 is 1. The molecule has 0 saturated heterocycles. The molecular weight excluding hydrogens is 364 g/mol. The van der Waals surface area contributed by atoms with Gasteiger partial charge < -0.3 is 20.0 Å². The van der Waals surface area contributed by atoms with Crippen LogP contribution in [0.25, 0.3) is 0 Å². The summed E-state index contributed by atoms with van der Waals surface area (Å²) in [5.41, 5.74) is 10.1. The number of fused-ring (bicyclic) bond motifs is 3. The molecule has 1 fully saturated rings. The van der Waals surface area contributed by atoms with Crippen LogP contribution in [0.15, 0.2) is 28.3 Å². The molecule has 1 atom stereocenters. The summed E-state index contributed by atoms with van der Waals surface area (Å²) in [4.78, 5) is 10.3. The molecule has 1 aromatic carbocycles.